The molecule has 0 radical (unpaired) electrons. The molecule has 8 heteroatoms. The summed E-state index contributed by atoms with van der Waals surface area (Å²) in [6, 6.07) is 0. The van der Waals surface area contributed by atoms with Crippen molar-refractivity contribution in [2.75, 3.05) is 19.0 Å². The first-order valence-corrected chi connectivity index (χ1v) is 5.86. The smallest absolute Gasteiger partial charge is 0.307 e. The highest BCUT2D eigenvalue weighted by molar-refractivity contribution is 9.10. The largest absolute Gasteiger partial charge is 0.469 e. The number of halogens is 1. The Kier molecular flexibility index (Phi) is 5.02. The summed E-state index contributed by atoms with van der Waals surface area (Å²) < 4.78 is 5.01. The predicted molar refractivity (Wildman–Crippen MR) is 68.5 cm³/mol. The maximum Gasteiger partial charge on any atom is 0.307 e. The van der Waals surface area contributed by atoms with Crippen molar-refractivity contribution in [3.63, 3.8) is 0 Å². The van der Waals surface area contributed by atoms with E-state index in [1.807, 2.05) is 0 Å². The summed E-state index contributed by atoms with van der Waals surface area (Å²) in [6.45, 7) is 1.96. The van der Waals surface area contributed by atoms with Crippen LogP contribution in [0.4, 0.5) is 11.5 Å². The standard InChI is InChI=1S/C10H12BrN3O4/c1-6-7(14(16)17)5-13-10(9(6)11)12-4-3-8(15)18-2/h5H,3-4H2,1-2H3,(H,12,13). The van der Waals surface area contributed by atoms with Crippen molar-refractivity contribution in [2.24, 2.45) is 0 Å². The molecular formula is C10H12BrN3O4. The Morgan fingerprint density at radius 3 is 2.89 bits per heavy atom. The number of hydrogen-bond acceptors (Lipinski definition) is 6. The maximum atomic E-state index is 10.9. The Morgan fingerprint density at radius 1 is 1.67 bits per heavy atom. The van der Waals surface area contributed by atoms with Gasteiger partial charge < -0.3 is 10.1 Å². The fourth-order valence-electron chi connectivity index (χ4n) is 1.26. The molecule has 0 atom stereocenters. The maximum absolute atomic E-state index is 10.9. The second kappa shape index (κ2) is 6.29. The first kappa shape index (κ1) is 14.4. The molecule has 98 valence electrons. The lowest BCUT2D eigenvalue weighted by molar-refractivity contribution is -0.385. The molecule has 0 aromatic carbocycles. The van der Waals surface area contributed by atoms with Crippen LogP contribution < -0.4 is 5.32 Å². The highest BCUT2D eigenvalue weighted by atomic mass is 79.9. The first-order chi connectivity index (χ1) is 8.47. The summed E-state index contributed by atoms with van der Waals surface area (Å²) in [5.41, 5.74) is 0.427. The van der Waals surface area contributed by atoms with E-state index >= 15 is 0 Å². The summed E-state index contributed by atoms with van der Waals surface area (Å²) >= 11 is 3.24. The van der Waals surface area contributed by atoms with Crippen molar-refractivity contribution < 1.29 is 14.5 Å². The predicted octanol–water partition coefficient (Wildman–Crippen LogP) is 2.04. The van der Waals surface area contributed by atoms with Gasteiger partial charge in [0.1, 0.15) is 12.0 Å². The molecule has 0 aliphatic heterocycles. The molecule has 0 amide bonds. The van der Waals surface area contributed by atoms with Gasteiger partial charge >= 0.3 is 5.97 Å². The number of esters is 1. The minimum atomic E-state index is -0.495. The molecule has 0 aliphatic rings. The molecule has 18 heavy (non-hydrogen) atoms. The third-order valence-corrected chi connectivity index (χ3v) is 3.25. The SMILES string of the molecule is COC(=O)CCNc1ncc([N+](=O)[O-])c(C)c1Br. The van der Waals surface area contributed by atoms with Crippen LogP contribution in [0.25, 0.3) is 0 Å². The molecule has 0 aliphatic carbocycles. The number of hydrogen-bond donors (Lipinski definition) is 1. The molecule has 0 spiro atoms. The van der Waals surface area contributed by atoms with Gasteiger partial charge in [0.2, 0.25) is 0 Å². The molecule has 0 unspecified atom stereocenters. The van der Waals surface area contributed by atoms with Crippen molar-refractivity contribution in [2.45, 2.75) is 13.3 Å². The molecule has 7 nitrogen and oxygen atoms in total. The molecule has 1 aromatic heterocycles. The van der Waals surface area contributed by atoms with Crippen molar-refractivity contribution in [3.05, 3.63) is 26.3 Å². The number of methoxy groups -OCH3 is 1. The summed E-state index contributed by atoms with van der Waals surface area (Å²) in [4.78, 5) is 25.0. The summed E-state index contributed by atoms with van der Waals surface area (Å²) in [5, 5.41) is 13.6. The van der Waals surface area contributed by atoms with E-state index in [0.29, 0.717) is 22.4 Å². The summed E-state index contributed by atoms with van der Waals surface area (Å²) in [7, 11) is 1.31. The van der Waals surface area contributed by atoms with Crippen LogP contribution in [0.1, 0.15) is 12.0 Å². The highest BCUT2D eigenvalue weighted by Crippen LogP contribution is 2.30. The number of pyridine rings is 1. The monoisotopic (exact) mass is 317 g/mol. The molecule has 1 rings (SSSR count). The number of rotatable bonds is 5. The van der Waals surface area contributed by atoms with Gasteiger partial charge in [-0.05, 0) is 22.9 Å². The minimum absolute atomic E-state index is 0.0552. The van der Waals surface area contributed by atoms with Gasteiger partial charge in [-0.3, -0.25) is 14.9 Å². The van der Waals surface area contributed by atoms with Crippen LogP contribution in [0.15, 0.2) is 10.7 Å². The molecular weight excluding hydrogens is 306 g/mol. The number of anilines is 1. The van der Waals surface area contributed by atoms with Gasteiger partial charge in [0.05, 0.1) is 22.9 Å². The summed E-state index contributed by atoms with van der Waals surface area (Å²) in [6.07, 6.45) is 1.38. The Bertz CT molecular complexity index is 478. The van der Waals surface area contributed by atoms with E-state index in [-0.39, 0.29) is 18.1 Å². The van der Waals surface area contributed by atoms with Crippen molar-refractivity contribution in [1.82, 2.24) is 4.98 Å². The number of nitro groups is 1. The number of carbonyl (C=O) groups is 1. The Hall–Kier alpha value is -1.70. The van der Waals surface area contributed by atoms with E-state index in [9.17, 15) is 14.9 Å². The van der Waals surface area contributed by atoms with Crippen LogP contribution in [0, 0.1) is 17.0 Å². The average Bonchev–Trinajstić information content (AvgIpc) is 2.33. The van der Waals surface area contributed by atoms with Crippen molar-refractivity contribution in [3.8, 4) is 0 Å². The lowest BCUT2D eigenvalue weighted by atomic mass is 10.2. The fourth-order valence-corrected chi connectivity index (χ4v) is 1.71. The van der Waals surface area contributed by atoms with Crippen molar-refractivity contribution in [1.29, 1.82) is 0 Å². The fraction of sp³-hybridized carbons (Fsp3) is 0.400. The molecule has 0 saturated heterocycles. The third kappa shape index (κ3) is 3.39. The van der Waals surface area contributed by atoms with Crippen molar-refractivity contribution >= 4 is 33.4 Å². The van der Waals surface area contributed by atoms with Crippen LogP contribution in [-0.4, -0.2) is 29.5 Å². The normalized spacial score (nSPS) is 9.94. The first-order valence-electron chi connectivity index (χ1n) is 5.07. The number of ether oxygens (including phenoxy) is 1. The van der Waals surface area contributed by atoms with Crippen LogP contribution in [-0.2, 0) is 9.53 Å². The van der Waals surface area contributed by atoms with Crippen LogP contribution in [0.3, 0.4) is 0 Å². The summed E-state index contributed by atoms with van der Waals surface area (Å²) in [5.74, 6) is 0.124. The lowest BCUT2D eigenvalue weighted by Crippen LogP contribution is -2.11. The lowest BCUT2D eigenvalue weighted by Gasteiger charge is -2.08. The Labute approximate surface area is 112 Å². The van der Waals surface area contributed by atoms with Crippen LogP contribution in [0.2, 0.25) is 0 Å². The van der Waals surface area contributed by atoms with Gasteiger partial charge in [-0.2, -0.15) is 0 Å². The van der Waals surface area contributed by atoms with Gasteiger partial charge in [-0.15, -0.1) is 0 Å². The van der Waals surface area contributed by atoms with E-state index in [1.165, 1.54) is 13.3 Å². The van der Waals surface area contributed by atoms with Crippen LogP contribution >= 0.6 is 15.9 Å². The van der Waals surface area contributed by atoms with Gasteiger partial charge in [-0.25, -0.2) is 4.98 Å². The molecule has 1 aromatic rings. The minimum Gasteiger partial charge on any atom is -0.469 e. The van der Waals surface area contributed by atoms with Gasteiger partial charge in [0.15, 0.2) is 0 Å². The quantitative estimate of drug-likeness (QED) is 0.507. The second-order valence-electron chi connectivity index (χ2n) is 3.44. The number of nitrogens with zero attached hydrogens (tertiary/aromatic N) is 2. The van der Waals surface area contributed by atoms with Gasteiger partial charge in [0, 0.05) is 12.1 Å². The average molecular weight is 318 g/mol. The number of nitrogens with one attached hydrogen (secondary N) is 1. The molecule has 0 fully saturated rings. The van der Waals surface area contributed by atoms with E-state index < -0.39 is 4.92 Å². The Balaban J connectivity index is 2.77. The highest BCUT2D eigenvalue weighted by Gasteiger charge is 2.16. The van der Waals surface area contributed by atoms with Gasteiger partial charge in [-0.1, -0.05) is 0 Å². The third-order valence-electron chi connectivity index (χ3n) is 2.28. The number of carbonyl (C=O) groups excluding carboxylic acids is 1. The zero-order chi connectivity index (χ0) is 13.7. The second-order valence-corrected chi connectivity index (χ2v) is 4.23. The van der Waals surface area contributed by atoms with E-state index in [0.717, 1.165) is 0 Å². The van der Waals surface area contributed by atoms with Gasteiger partial charge in [0.25, 0.3) is 5.69 Å². The van der Waals surface area contributed by atoms with Crippen LogP contribution in [0.5, 0.6) is 0 Å². The topological polar surface area (TPSA) is 94.4 Å². The van der Waals surface area contributed by atoms with E-state index in [2.05, 4.69) is 31.0 Å². The molecule has 1 N–H and O–H groups in total. The van der Waals surface area contributed by atoms with E-state index in [4.69, 9.17) is 0 Å². The Morgan fingerprint density at radius 2 is 2.33 bits per heavy atom. The molecule has 1 heterocycles. The zero-order valence-corrected chi connectivity index (χ0v) is 11.5. The molecule has 0 bridgehead atoms. The van der Waals surface area contributed by atoms with E-state index in [1.54, 1.807) is 6.92 Å². The number of aromatic nitrogens is 1. The zero-order valence-electron chi connectivity index (χ0n) is 9.90. The molecule has 0 saturated carbocycles.